The average molecular weight is 439 g/mol. The standard InChI is InChI=1S/C20H18ClF3N4O2/c1-12-11-13(2)28(27-12)17-8-7-16(21)18(26-17)19(29)25-9-10-30-15-5-3-14(4-6-15)20(22,23)24/h3-8,11H,9-10H2,1-2H3,(H,25,29). The maximum atomic E-state index is 12.6. The number of rotatable bonds is 6. The molecule has 1 amide bonds. The van der Waals surface area contributed by atoms with Crippen molar-refractivity contribution in [2.24, 2.45) is 0 Å². The van der Waals surface area contributed by atoms with Crippen molar-refractivity contribution in [2.75, 3.05) is 13.2 Å². The highest BCUT2D eigenvalue weighted by Crippen LogP contribution is 2.30. The summed E-state index contributed by atoms with van der Waals surface area (Å²) in [6.07, 6.45) is -4.40. The van der Waals surface area contributed by atoms with Crippen LogP contribution in [-0.4, -0.2) is 33.8 Å². The van der Waals surface area contributed by atoms with Gasteiger partial charge in [0.05, 0.1) is 22.8 Å². The molecule has 0 aliphatic carbocycles. The monoisotopic (exact) mass is 438 g/mol. The van der Waals surface area contributed by atoms with Gasteiger partial charge in [-0.2, -0.15) is 18.3 Å². The third-order valence-corrected chi connectivity index (χ3v) is 4.42. The first-order chi connectivity index (χ1) is 14.1. The summed E-state index contributed by atoms with van der Waals surface area (Å²) in [6.45, 7) is 3.90. The van der Waals surface area contributed by atoms with Crippen molar-refractivity contribution in [3.05, 3.63) is 70.1 Å². The summed E-state index contributed by atoms with van der Waals surface area (Å²) in [5.74, 6) is 0.218. The number of pyridine rings is 1. The van der Waals surface area contributed by atoms with Crippen molar-refractivity contribution in [2.45, 2.75) is 20.0 Å². The van der Waals surface area contributed by atoms with Crippen molar-refractivity contribution in [1.29, 1.82) is 0 Å². The first kappa shape index (κ1) is 21.6. The number of hydrogen-bond donors (Lipinski definition) is 1. The van der Waals surface area contributed by atoms with E-state index >= 15 is 0 Å². The first-order valence-electron chi connectivity index (χ1n) is 8.93. The van der Waals surface area contributed by atoms with Gasteiger partial charge in [0.15, 0.2) is 5.82 Å². The molecule has 3 rings (SSSR count). The van der Waals surface area contributed by atoms with Crippen LogP contribution in [-0.2, 0) is 6.18 Å². The Labute approximate surface area is 175 Å². The van der Waals surface area contributed by atoms with Crippen LogP contribution in [0.5, 0.6) is 5.75 Å². The lowest BCUT2D eigenvalue weighted by molar-refractivity contribution is -0.137. The molecule has 0 bridgehead atoms. The van der Waals surface area contributed by atoms with Gasteiger partial charge in [-0.3, -0.25) is 4.79 Å². The molecule has 0 aliphatic heterocycles. The summed E-state index contributed by atoms with van der Waals surface area (Å²) in [6, 6.07) is 9.42. The van der Waals surface area contributed by atoms with E-state index in [2.05, 4.69) is 15.4 Å². The van der Waals surface area contributed by atoms with E-state index in [0.717, 1.165) is 23.5 Å². The van der Waals surface area contributed by atoms with E-state index in [-0.39, 0.29) is 29.6 Å². The largest absolute Gasteiger partial charge is 0.492 e. The molecule has 0 unspecified atom stereocenters. The highest BCUT2D eigenvalue weighted by atomic mass is 35.5. The zero-order chi connectivity index (χ0) is 21.9. The molecular formula is C20H18ClF3N4O2. The lowest BCUT2D eigenvalue weighted by Crippen LogP contribution is -2.29. The summed E-state index contributed by atoms with van der Waals surface area (Å²) in [7, 11) is 0. The summed E-state index contributed by atoms with van der Waals surface area (Å²) in [4.78, 5) is 16.7. The molecule has 0 radical (unpaired) electrons. The van der Waals surface area contributed by atoms with E-state index in [1.54, 1.807) is 16.8 Å². The number of aromatic nitrogens is 3. The van der Waals surface area contributed by atoms with E-state index in [1.165, 1.54) is 12.1 Å². The second kappa shape index (κ2) is 8.74. The third-order valence-electron chi connectivity index (χ3n) is 4.11. The molecule has 2 aromatic heterocycles. The minimum atomic E-state index is -4.40. The number of amides is 1. The molecule has 0 saturated heterocycles. The average Bonchev–Trinajstić information content (AvgIpc) is 3.03. The molecule has 3 aromatic rings. The smallest absolute Gasteiger partial charge is 0.416 e. The van der Waals surface area contributed by atoms with Gasteiger partial charge in [-0.25, -0.2) is 9.67 Å². The lowest BCUT2D eigenvalue weighted by Gasteiger charge is -2.11. The van der Waals surface area contributed by atoms with E-state index in [1.807, 2.05) is 19.9 Å². The first-order valence-corrected chi connectivity index (χ1v) is 9.31. The van der Waals surface area contributed by atoms with Crippen molar-refractivity contribution in [3.8, 4) is 11.6 Å². The second-order valence-corrected chi connectivity index (χ2v) is 6.87. The second-order valence-electron chi connectivity index (χ2n) is 6.47. The van der Waals surface area contributed by atoms with Crippen molar-refractivity contribution in [1.82, 2.24) is 20.1 Å². The van der Waals surface area contributed by atoms with Gasteiger partial charge in [0, 0.05) is 5.69 Å². The maximum Gasteiger partial charge on any atom is 0.416 e. The van der Waals surface area contributed by atoms with Crippen molar-refractivity contribution in [3.63, 3.8) is 0 Å². The SMILES string of the molecule is Cc1cc(C)n(-c2ccc(Cl)c(C(=O)NCCOc3ccc(C(F)(F)F)cc3)n2)n1. The van der Waals surface area contributed by atoms with E-state index in [0.29, 0.717) is 5.82 Å². The van der Waals surface area contributed by atoms with Crippen LogP contribution in [0.3, 0.4) is 0 Å². The van der Waals surface area contributed by atoms with Crippen LogP contribution in [0.4, 0.5) is 13.2 Å². The fourth-order valence-corrected chi connectivity index (χ4v) is 2.92. The molecule has 158 valence electrons. The topological polar surface area (TPSA) is 69.0 Å². The Bertz CT molecular complexity index is 1050. The number of alkyl halides is 3. The summed E-state index contributed by atoms with van der Waals surface area (Å²) < 4.78 is 44.6. The predicted molar refractivity (Wildman–Crippen MR) is 105 cm³/mol. The summed E-state index contributed by atoms with van der Waals surface area (Å²) in [5.41, 5.74) is 0.955. The van der Waals surface area contributed by atoms with Gasteiger partial charge in [0.1, 0.15) is 18.1 Å². The van der Waals surface area contributed by atoms with Gasteiger partial charge < -0.3 is 10.1 Å². The van der Waals surface area contributed by atoms with Gasteiger partial charge in [-0.1, -0.05) is 11.6 Å². The van der Waals surface area contributed by atoms with Crippen molar-refractivity contribution < 1.29 is 22.7 Å². The molecule has 1 aromatic carbocycles. The van der Waals surface area contributed by atoms with Gasteiger partial charge in [-0.05, 0) is 56.3 Å². The molecule has 0 saturated carbocycles. The Morgan fingerprint density at radius 1 is 1.17 bits per heavy atom. The number of carbonyl (C=O) groups is 1. The van der Waals surface area contributed by atoms with Crippen LogP contribution in [0, 0.1) is 13.8 Å². The fourth-order valence-electron chi connectivity index (χ4n) is 2.73. The minimum absolute atomic E-state index is 0.0382. The summed E-state index contributed by atoms with van der Waals surface area (Å²) >= 11 is 6.11. The van der Waals surface area contributed by atoms with Crippen LogP contribution in [0.2, 0.25) is 5.02 Å². The van der Waals surface area contributed by atoms with E-state index in [9.17, 15) is 18.0 Å². The molecule has 6 nitrogen and oxygen atoms in total. The summed E-state index contributed by atoms with van der Waals surface area (Å²) in [5, 5.41) is 7.14. The van der Waals surface area contributed by atoms with Crippen LogP contribution < -0.4 is 10.1 Å². The fraction of sp³-hybridized carbons (Fsp3) is 0.250. The maximum absolute atomic E-state index is 12.6. The Kier molecular flexibility index (Phi) is 6.31. The number of aryl methyl sites for hydroxylation is 2. The molecule has 1 N–H and O–H groups in total. The van der Waals surface area contributed by atoms with E-state index < -0.39 is 17.6 Å². The van der Waals surface area contributed by atoms with Crippen LogP contribution in [0.15, 0.2) is 42.5 Å². The molecule has 30 heavy (non-hydrogen) atoms. The number of benzene rings is 1. The van der Waals surface area contributed by atoms with Gasteiger partial charge in [-0.15, -0.1) is 0 Å². The van der Waals surface area contributed by atoms with Gasteiger partial charge in [0.2, 0.25) is 0 Å². The third kappa shape index (κ3) is 5.10. The molecule has 0 aliphatic rings. The molecular weight excluding hydrogens is 421 g/mol. The molecule has 0 spiro atoms. The zero-order valence-electron chi connectivity index (χ0n) is 16.1. The molecule has 0 fully saturated rings. The minimum Gasteiger partial charge on any atom is -0.492 e. The number of hydrogen-bond acceptors (Lipinski definition) is 4. The Morgan fingerprint density at radius 2 is 1.87 bits per heavy atom. The lowest BCUT2D eigenvalue weighted by atomic mass is 10.2. The van der Waals surface area contributed by atoms with E-state index in [4.69, 9.17) is 16.3 Å². The van der Waals surface area contributed by atoms with Crippen molar-refractivity contribution >= 4 is 17.5 Å². The van der Waals surface area contributed by atoms with Crippen LogP contribution >= 0.6 is 11.6 Å². The highest BCUT2D eigenvalue weighted by Gasteiger charge is 2.30. The zero-order valence-corrected chi connectivity index (χ0v) is 16.9. The number of ether oxygens (including phenoxy) is 1. The number of nitrogens with one attached hydrogen (secondary N) is 1. The number of halogens is 4. The molecule has 10 heteroatoms. The Balaban J connectivity index is 1.58. The Morgan fingerprint density at radius 3 is 2.47 bits per heavy atom. The molecule has 2 heterocycles. The number of nitrogens with zero attached hydrogens (tertiary/aromatic N) is 3. The quantitative estimate of drug-likeness (QED) is 0.580. The van der Waals surface area contributed by atoms with Gasteiger partial charge in [0.25, 0.3) is 5.91 Å². The molecule has 0 atom stereocenters. The highest BCUT2D eigenvalue weighted by molar-refractivity contribution is 6.33. The Hall–Kier alpha value is -3.07. The normalized spacial score (nSPS) is 11.4. The van der Waals surface area contributed by atoms with Crippen LogP contribution in [0.1, 0.15) is 27.4 Å². The van der Waals surface area contributed by atoms with Gasteiger partial charge >= 0.3 is 6.18 Å². The van der Waals surface area contributed by atoms with Crippen LogP contribution in [0.25, 0.3) is 5.82 Å². The number of carbonyl (C=O) groups excluding carboxylic acids is 1. The predicted octanol–water partition coefficient (Wildman–Crippen LogP) is 4.37.